The summed E-state index contributed by atoms with van der Waals surface area (Å²) < 4.78 is 5.79. The van der Waals surface area contributed by atoms with Crippen LogP contribution < -0.4 is 15.1 Å². The van der Waals surface area contributed by atoms with Gasteiger partial charge in [0.2, 0.25) is 0 Å². The van der Waals surface area contributed by atoms with Crippen LogP contribution in [0.25, 0.3) is 0 Å². The Labute approximate surface area is 153 Å². The molecule has 5 nitrogen and oxygen atoms in total. The molecule has 2 aromatic carbocycles. The fourth-order valence-electron chi connectivity index (χ4n) is 3.41. The average molecular weight is 349 g/mol. The number of hydrogen-bond acceptors (Lipinski definition) is 4. The number of amides is 1. The summed E-state index contributed by atoms with van der Waals surface area (Å²) in [6, 6.07) is 15.7. The number of hydrogen-bond donors (Lipinski definition) is 1. The molecular weight excluding hydrogens is 326 g/mol. The molecule has 0 spiro atoms. The normalized spacial score (nSPS) is 18.7. The molecule has 5 heteroatoms. The van der Waals surface area contributed by atoms with Crippen LogP contribution >= 0.6 is 0 Å². The summed E-state index contributed by atoms with van der Waals surface area (Å²) >= 11 is 0. The van der Waals surface area contributed by atoms with Crippen LogP contribution in [0.2, 0.25) is 0 Å². The third-order valence-corrected chi connectivity index (χ3v) is 4.91. The van der Waals surface area contributed by atoms with Crippen LogP contribution in [0.15, 0.2) is 53.6 Å². The van der Waals surface area contributed by atoms with Crippen molar-refractivity contribution in [1.29, 1.82) is 0 Å². The van der Waals surface area contributed by atoms with E-state index in [0.717, 1.165) is 36.5 Å². The molecule has 0 aliphatic carbocycles. The highest BCUT2D eigenvalue weighted by molar-refractivity contribution is 5.94. The van der Waals surface area contributed by atoms with Gasteiger partial charge in [-0.25, -0.2) is 0 Å². The maximum absolute atomic E-state index is 12.4. The van der Waals surface area contributed by atoms with Gasteiger partial charge in [-0.1, -0.05) is 18.2 Å². The Hall–Kier alpha value is -2.82. The van der Waals surface area contributed by atoms with Gasteiger partial charge >= 0.3 is 0 Å². The number of rotatable bonds is 4. The second-order valence-corrected chi connectivity index (χ2v) is 6.95. The van der Waals surface area contributed by atoms with Gasteiger partial charge in [-0.3, -0.25) is 9.80 Å². The fraction of sp³-hybridized carbons (Fsp3) is 0.333. The first-order valence-electron chi connectivity index (χ1n) is 9.09. The molecule has 1 amide bonds. The molecule has 0 saturated heterocycles. The molecule has 26 heavy (non-hydrogen) atoms. The van der Waals surface area contributed by atoms with Crippen LogP contribution in [0.1, 0.15) is 29.3 Å². The first-order chi connectivity index (χ1) is 12.7. The molecular formula is C21H23N3O2. The van der Waals surface area contributed by atoms with Gasteiger partial charge in [0.05, 0.1) is 12.3 Å². The second kappa shape index (κ2) is 7.20. The van der Waals surface area contributed by atoms with Gasteiger partial charge in [0, 0.05) is 36.7 Å². The molecule has 0 aromatic heterocycles. The van der Waals surface area contributed by atoms with E-state index in [2.05, 4.69) is 16.5 Å². The zero-order valence-corrected chi connectivity index (χ0v) is 14.9. The highest BCUT2D eigenvalue weighted by Gasteiger charge is 2.20. The van der Waals surface area contributed by atoms with E-state index < -0.39 is 0 Å². The Morgan fingerprint density at radius 1 is 1.23 bits per heavy atom. The summed E-state index contributed by atoms with van der Waals surface area (Å²) in [4.78, 5) is 12.4. The quantitative estimate of drug-likeness (QED) is 0.922. The predicted molar refractivity (Wildman–Crippen MR) is 103 cm³/mol. The van der Waals surface area contributed by atoms with Gasteiger partial charge < -0.3 is 10.1 Å². The molecule has 0 radical (unpaired) electrons. The number of carbonyl (C=O) groups is 1. The number of hydrazone groups is 1. The second-order valence-electron chi connectivity index (χ2n) is 6.95. The van der Waals surface area contributed by atoms with E-state index in [4.69, 9.17) is 4.74 Å². The van der Waals surface area contributed by atoms with Crippen LogP contribution in [0.3, 0.4) is 0 Å². The van der Waals surface area contributed by atoms with Crippen molar-refractivity contribution in [2.24, 2.45) is 11.0 Å². The molecule has 0 fully saturated rings. The van der Waals surface area contributed by atoms with Gasteiger partial charge in [0.25, 0.3) is 5.91 Å². The minimum absolute atomic E-state index is 0.0449. The third kappa shape index (κ3) is 3.57. The lowest BCUT2D eigenvalue weighted by Gasteiger charge is -2.25. The number of benzene rings is 2. The number of para-hydroxylation sites is 1. The van der Waals surface area contributed by atoms with Gasteiger partial charge in [-0.2, -0.15) is 5.10 Å². The Morgan fingerprint density at radius 2 is 2.04 bits per heavy atom. The molecule has 2 aromatic rings. The van der Waals surface area contributed by atoms with Crippen molar-refractivity contribution in [2.45, 2.75) is 19.8 Å². The zero-order chi connectivity index (χ0) is 17.9. The van der Waals surface area contributed by atoms with E-state index in [1.807, 2.05) is 54.4 Å². The molecule has 0 unspecified atom stereocenters. The molecule has 4 rings (SSSR count). The highest BCUT2D eigenvalue weighted by atomic mass is 16.5. The first kappa shape index (κ1) is 16.6. The minimum atomic E-state index is -0.0449. The summed E-state index contributed by atoms with van der Waals surface area (Å²) in [5.74, 6) is 1.22. The van der Waals surface area contributed by atoms with E-state index in [1.165, 1.54) is 5.56 Å². The number of ether oxygens (including phenoxy) is 1. The fourth-order valence-corrected chi connectivity index (χ4v) is 3.41. The Bertz CT molecular complexity index is 829. The summed E-state index contributed by atoms with van der Waals surface area (Å²) in [5.41, 5.74) is 4.05. The lowest BCUT2D eigenvalue weighted by atomic mass is 9.96. The smallest absolute Gasteiger partial charge is 0.251 e. The lowest BCUT2D eigenvalue weighted by Crippen LogP contribution is -2.34. The highest BCUT2D eigenvalue weighted by Crippen LogP contribution is 2.26. The van der Waals surface area contributed by atoms with Crippen molar-refractivity contribution in [2.75, 3.05) is 24.7 Å². The monoisotopic (exact) mass is 349 g/mol. The average Bonchev–Trinajstić information content (AvgIpc) is 3.12. The summed E-state index contributed by atoms with van der Waals surface area (Å²) in [6.45, 7) is 4.20. The molecule has 0 bridgehead atoms. The largest absolute Gasteiger partial charge is 0.493 e. The first-order valence-corrected chi connectivity index (χ1v) is 9.09. The maximum atomic E-state index is 12.4. The molecule has 1 N–H and O–H groups in total. The van der Waals surface area contributed by atoms with Crippen molar-refractivity contribution >= 4 is 17.3 Å². The van der Waals surface area contributed by atoms with E-state index in [0.29, 0.717) is 24.6 Å². The van der Waals surface area contributed by atoms with Crippen LogP contribution in [0, 0.1) is 5.92 Å². The Morgan fingerprint density at radius 3 is 2.81 bits per heavy atom. The minimum Gasteiger partial charge on any atom is -0.493 e. The third-order valence-electron chi connectivity index (χ3n) is 4.91. The maximum Gasteiger partial charge on any atom is 0.251 e. The molecule has 1 atom stereocenters. The van der Waals surface area contributed by atoms with Gasteiger partial charge in [0.1, 0.15) is 5.75 Å². The summed E-state index contributed by atoms with van der Waals surface area (Å²) in [5, 5.41) is 9.50. The zero-order valence-electron chi connectivity index (χ0n) is 14.9. The molecule has 2 aliphatic heterocycles. The summed E-state index contributed by atoms with van der Waals surface area (Å²) in [6.07, 6.45) is 1.93. The molecule has 0 saturated carbocycles. The number of nitrogens with zero attached hydrogens (tertiary/aromatic N) is 2. The van der Waals surface area contributed by atoms with Crippen LogP contribution in [-0.4, -0.2) is 31.3 Å². The molecule has 2 heterocycles. The standard InChI is InChI=1S/C21H23N3O2/c1-15-10-11-24(23-15)19-8-6-17(7-9-19)21(25)22-13-16-12-18-4-2-3-5-20(18)26-14-16/h2-9,16H,10-14H2,1H3,(H,22,25)/t16-/m1/s1. The van der Waals surface area contributed by atoms with E-state index >= 15 is 0 Å². The number of carbonyl (C=O) groups excluding carboxylic acids is 1. The number of anilines is 1. The number of nitrogens with one attached hydrogen (secondary N) is 1. The van der Waals surface area contributed by atoms with Crippen molar-refractivity contribution in [1.82, 2.24) is 5.32 Å². The van der Waals surface area contributed by atoms with E-state index in [-0.39, 0.29) is 5.91 Å². The van der Waals surface area contributed by atoms with Crippen LogP contribution in [-0.2, 0) is 6.42 Å². The van der Waals surface area contributed by atoms with Gasteiger partial charge in [0.15, 0.2) is 0 Å². The summed E-state index contributed by atoms with van der Waals surface area (Å²) in [7, 11) is 0. The van der Waals surface area contributed by atoms with Crippen molar-refractivity contribution in [3.05, 3.63) is 59.7 Å². The van der Waals surface area contributed by atoms with E-state index in [1.54, 1.807) is 0 Å². The van der Waals surface area contributed by atoms with Crippen molar-refractivity contribution in [3.63, 3.8) is 0 Å². The number of fused-ring (bicyclic) bond motifs is 1. The van der Waals surface area contributed by atoms with Crippen LogP contribution in [0.5, 0.6) is 5.75 Å². The van der Waals surface area contributed by atoms with Crippen molar-refractivity contribution < 1.29 is 9.53 Å². The lowest BCUT2D eigenvalue weighted by molar-refractivity contribution is 0.0939. The SMILES string of the molecule is CC1=NN(c2ccc(C(=O)NC[C@@H]3COc4ccccc4C3)cc2)CC1. The Kier molecular flexibility index (Phi) is 4.61. The molecule has 134 valence electrons. The van der Waals surface area contributed by atoms with E-state index in [9.17, 15) is 4.79 Å². The topological polar surface area (TPSA) is 53.9 Å². The van der Waals surface area contributed by atoms with Gasteiger partial charge in [-0.15, -0.1) is 0 Å². The molecule has 2 aliphatic rings. The van der Waals surface area contributed by atoms with Crippen LogP contribution in [0.4, 0.5) is 5.69 Å². The van der Waals surface area contributed by atoms with Crippen molar-refractivity contribution in [3.8, 4) is 5.75 Å². The predicted octanol–water partition coefficient (Wildman–Crippen LogP) is 3.25. The Balaban J connectivity index is 1.33. The van der Waals surface area contributed by atoms with Gasteiger partial charge in [-0.05, 0) is 49.2 Å².